The molecule has 128 valence electrons. The molecule has 1 aromatic carbocycles. The Morgan fingerprint density at radius 2 is 2.08 bits per heavy atom. The van der Waals surface area contributed by atoms with Gasteiger partial charge < -0.3 is 15.4 Å². The van der Waals surface area contributed by atoms with Gasteiger partial charge in [0.25, 0.3) is 5.91 Å². The molecule has 2 N–H and O–H groups in total. The molecule has 2 aliphatic rings. The maximum atomic E-state index is 12.5. The smallest absolute Gasteiger partial charge is 0.325 e. The maximum absolute atomic E-state index is 12.5. The Bertz CT molecular complexity index is 686. The molecule has 1 aliphatic carbocycles. The highest BCUT2D eigenvalue weighted by Crippen LogP contribution is 2.42. The third kappa shape index (κ3) is 2.93. The van der Waals surface area contributed by atoms with E-state index in [1.165, 1.54) is 0 Å². The zero-order valence-corrected chi connectivity index (χ0v) is 13.8. The van der Waals surface area contributed by atoms with Gasteiger partial charge in [-0.3, -0.25) is 14.5 Å². The summed E-state index contributed by atoms with van der Waals surface area (Å²) in [5, 5.41) is 5.45. The third-order valence-electron chi connectivity index (χ3n) is 4.67. The molecular weight excluding hydrogens is 310 g/mol. The first kappa shape index (κ1) is 16.3. The first-order chi connectivity index (χ1) is 11.5. The highest BCUT2D eigenvalue weighted by atomic mass is 16.5. The number of methoxy groups -OCH3 is 1. The molecule has 7 nitrogen and oxygen atoms in total. The van der Waals surface area contributed by atoms with Crippen molar-refractivity contribution in [1.29, 1.82) is 0 Å². The second-order valence-corrected chi connectivity index (χ2v) is 6.39. The van der Waals surface area contributed by atoms with Crippen molar-refractivity contribution in [1.82, 2.24) is 15.5 Å². The molecule has 3 rings (SSSR count). The van der Waals surface area contributed by atoms with Crippen LogP contribution in [0.25, 0.3) is 0 Å². The van der Waals surface area contributed by atoms with Gasteiger partial charge in [0.1, 0.15) is 17.8 Å². The summed E-state index contributed by atoms with van der Waals surface area (Å²) in [6.07, 6.45) is 1.85. The van der Waals surface area contributed by atoms with Gasteiger partial charge in [0.05, 0.1) is 7.11 Å². The lowest BCUT2D eigenvalue weighted by Gasteiger charge is -2.20. The monoisotopic (exact) mass is 331 g/mol. The first-order valence-electron chi connectivity index (χ1n) is 7.98. The van der Waals surface area contributed by atoms with Crippen molar-refractivity contribution in [2.75, 3.05) is 13.7 Å². The lowest BCUT2D eigenvalue weighted by Crippen LogP contribution is -2.46. The molecule has 0 radical (unpaired) electrons. The van der Waals surface area contributed by atoms with Crippen LogP contribution in [0.3, 0.4) is 0 Å². The molecule has 1 saturated heterocycles. The molecule has 2 fully saturated rings. The zero-order valence-electron chi connectivity index (χ0n) is 13.8. The summed E-state index contributed by atoms with van der Waals surface area (Å²) < 4.78 is 5.23. The number of ether oxygens (including phenoxy) is 1. The van der Waals surface area contributed by atoms with Crippen LogP contribution in [0.15, 0.2) is 24.3 Å². The third-order valence-corrected chi connectivity index (χ3v) is 4.67. The number of carbonyl (C=O) groups is 3. The minimum Gasteiger partial charge on any atom is -0.496 e. The molecule has 1 atom stereocenters. The number of amides is 4. The van der Waals surface area contributed by atoms with E-state index in [4.69, 9.17) is 4.74 Å². The van der Waals surface area contributed by atoms with Gasteiger partial charge in [0, 0.05) is 12.1 Å². The Balaban J connectivity index is 1.59. The molecule has 7 heteroatoms. The van der Waals surface area contributed by atoms with Crippen LogP contribution in [0.1, 0.15) is 25.3 Å². The summed E-state index contributed by atoms with van der Waals surface area (Å²) in [5.74, 6) is 0.150. The lowest BCUT2D eigenvalue weighted by atomic mass is 9.96. The van der Waals surface area contributed by atoms with Gasteiger partial charge in [0.15, 0.2) is 0 Å². The Morgan fingerprint density at radius 1 is 1.38 bits per heavy atom. The van der Waals surface area contributed by atoms with Crippen molar-refractivity contribution >= 4 is 17.8 Å². The highest BCUT2D eigenvalue weighted by Gasteiger charge is 2.56. The lowest BCUT2D eigenvalue weighted by molar-refractivity contribution is -0.135. The SMILES string of the molecule is COc1ccccc1CNC(=O)CN1C(=O)N[C@@](C)(C2CC2)C1=O. The van der Waals surface area contributed by atoms with Crippen molar-refractivity contribution in [3.8, 4) is 5.75 Å². The predicted molar refractivity (Wildman–Crippen MR) is 86.2 cm³/mol. The van der Waals surface area contributed by atoms with E-state index in [1.54, 1.807) is 20.1 Å². The van der Waals surface area contributed by atoms with Crippen LogP contribution in [-0.2, 0) is 16.1 Å². The molecule has 0 unspecified atom stereocenters. The minimum absolute atomic E-state index is 0.176. The fourth-order valence-corrected chi connectivity index (χ4v) is 3.04. The van der Waals surface area contributed by atoms with Crippen LogP contribution in [0.4, 0.5) is 4.79 Å². The van der Waals surface area contributed by atoms with E-state index in [2.05, 4.69) is 10.6 Å². The second kappa shape index (κ2) is 6.14. The summed E-state index contributed by atoms with van der Waals surface area (Å²) in [6, 6.07) is 6.84. The predicted octanol–water partition coefficient (Wildman–Crippen LogP) is 1.03. The summed E-state index contributed by atoms with van der Waals surface area (Å²) in [5.41, 5.74) is -0.0339. The summed E-state index contributed by atoms with van der Waals surface area (Å²) in [4.78, 5) is 37.6. The molecular formula is C17H21N3O4. The number of benzene rings is 1. The minimum atomic E-state index is -0.861. The maximum Gasteiger partial charge on any atom is 0.325 e. The number of carbonyl (C=O) groups excluding carboxylic acids is 3. The fraction of sp³-hybridized carbons (Fsp3) is 0.471. The Hall–Kier alpha value is -2.57. The average Bonchev–Trinajstić information content (AvgIpc) is 3.39. The number of imide groups is 1. The fourth-order valence-electron chi connectivity index (χ4n) is 3.04. The molecule has 1 heterocycles. The molecule has 0 spiro atoms. The topological polar surface area (TPSA) is 87.7 Å². The molecule has 0 bridgehead atoms. The van der Waals surface area contributed by atoms with Gasteiger partial charge in [-0.15, -0.1) is 0 Å². The van der Waals surface area contributed by atoms with E-state index in [0.29, 0.717) is 5.75 Å². The van der Waals surface area contributed by atoms with Crippen molar-refractivity contribution in [2.45, 2.75) is 31.8 Å². The number of para-hydroxylation sites is 1. The Morgan fingerprint density at radius 3 is 2.75 bits per heavy atom. The molecule has 4 amide bonds. The molecule has 1 aliphatic heterocycles. The van der Waals surface area contributed by atoms with Crippen LogP contribution >= 0.6 is 0 Å². The van der Waals surface area contributed by atoms with Crippen LogP contribution < -0.4 is 15.4 Å². The summed E-state index contributed by atoms with van der Waals surface area (Å²) >= 11 is 0. The number of rotatable bonds is 6. The normalized spacial score (nSPS) is 23.2. The van der Waals surface area contributed by atoms with E-state index >= 15 is 0 Å². The van der Waals surface area contributed by atoms with Crippen LogP contribution in [0, 0.1) is 5.92 Å². The summed E-state index contributed by atoms with van der Waals surface area (Å²) in [7, 11) is 1.56. The quantitative estimate of drug-likeness (QED) is 0.762. The molecule has 1 aromatic rings. The number of nitrogens with one attached hydrogen (secondary N) is 2. The Kier molecular flexibility index (Phi) is 4.17. The first-order valence-corrected chi connectivity index (χ1v) is 7.98. The zero-order chi connectivity index (χ0) is 17.3. The van der Waals surface area contributed by atoms with Gasteiger partial charge in [-0.05, 0) is 31.7 Å². The van der Waals surface area contributed by atoms with Gasteiger partial charge in [-0.2, -0.15) is 0 Å². The molecule has 24 heavy (non-hydrogen) atoms. The van der Waals surface area contributed by atoms with Crippen molar-refractivity contribution in [3.63, 3.8) is 0 Å². The van der Waals surface area contributed by atoms with Crippen LogP contribution in [0.2, 0.25) is 0 Å². The van der Waals surface area contributed by atoms with Crippen molar-refractivity contribution in [3.05, 3.63) is 29.8 Å². The van der Waals surface area contributed by atoms with Gasteiger partial charge in [0.2, 0.25) is 5.91 Å². The van der Waals surface area contributed by atoms with Gasteiger partial charge in [-0.25, -0.2) is 4.79 Å². The van der Waals surface area contributed by atoms with Crippen LogP contribution in [-0.4, -0.2) is 41.9 Å². The van der Waals surface area contributed by atoms with Gasteiger partial charge >= 0.3 is 6.03 Å². The molecule has 1 saturated carbocycles. The second-order valence-electron chi connectivity index (χ2n) is 6.39. The largest absolute Gasteiger partial charge is 0.496 e. The standard InChI is InChI=1S/C17H21N3O4/c1-17(12-7-8-12)15(22)20(16(23)19-17)10-14(21)18-9-11-5-3-4-6-13(11)24-2/h3-6,12H,7-10H2,1-2H3,(H,18,21)(H,19,23)/t17-/m0/s1. The van der Waals surface area contributed by atoms with E-state index in [1.807, 2.05) is 18.2 Å². The van der Waals surface area contributed by atoms with Gasteiger partial charge in [-0.1, -0.05) is 18.2 Å². The number of nitrogens with zero attached hydrogens (tertiary/aromatic N) is 1. The highest BCUT2D eigenvalue weighted by molar-refractivity contribution is 6.09. The van der Waals surface area contributed by atoms with E-state index < -0.39 is 11.6 Å². The van der Waals surface area contributed by atoms with E-state index in [-0.39, 0.29) is 30.8 Å². The number of urea groups is 1. The van der Waals surface area contributed by atoms with Crippen molar-refractivity contribution < 1.29 is 19.1 Å². The van der Waals surface area contributed by atoms with E-state index in [0.717, 1.165) is 23.3 Å². The number of hydrogen-bond acceptors (Lipinski definition) is 4. The average molecular weight is 331 g/mol. The van der Waals surface area contributed by atoms with Crippen molar-refractivity contribution in [2.24, 2.45) is 5.92 Å². The molecule has 0 aromatic heterocycles. The van der Waals surface area contributed by atoms with E-state index in [9.17, 15) is 14.4 Å². The van der Waals surface area contributed by atoms with Crippen LogP contribution in [0.5, 0.6) is 5.75 Å². The summed E-state index contributed by atoms with van der Waals surface area (Å²) in [6.45, 7) is 1.73. The number of hydrogen-bond donors (Lipinski definition) is 2. The Labute approximate surface area is 140 Å².